The molecule has 1 unspecified atom stereocenters. The summed E-state index contributed by atoms with van der Waals surface area (Å²) in [6.07, 6.45) is 3.38. The number of halogens is 1. The summed E-state index contributed by atoms with van der Waals surface area (Å²) in [5.41, 5.74) is 6.72. The molecule has 1 saturated heterocycles. The lowest BCUT2D eigenvalue weighted by Gasteiger charge is -2.31. The second-order valence-electron chi connectivity index (χ2n) is 6.15. The molecule has 1 aliphatic rings. The summed E-state index contributed by atoms with van der Waals surface area (Å²) >= 11 is 0. The Hall–Kier alpha value is -2.38. The number of amides is 2. The molecule has 1 aliphatic heterocycles. The van der Waals surface area contributed by atoms with Gasteiger partial charge >= 0.3 is 0 Å². The number of nitrogens with one attached hydrogen (secondary N) is 1. The highest BCUT2D eigenvalue weighted by Crippen LogP contribution is 2.19. The Kier molecular flexibility index (Phi) is 7.17. The van der Waals surface area contributed by atoms with Gasteiger partial charge in [-0.05, 0) is 31.0 Å². The van der Waals surface area contributed by atoms with Gasteiger partial charge in [0.25, 0.3) is 5.91 Å². The lowest BCUT2D eigenvalue weighted by Crippen LogP contribution is -2.46. The number of hydrogen-bond acceptors (Lipinski definition) is 4. The van der Waals surface area contributed by atoms with E-state index in [1.54, 1.807) is 21.8 Å². The van der Waals surface area contributed by atoms with Crippen molar-refractivity contribution in [3.63, 3.8) is 0 Å². The van der Waals surface area contributed by atoms with Crippen LogP contribution in [0, 0.1) is 5.92 Å². The van der Waals surface area contributed by atoms with Crippen LogP contribution in [0.5, 0.6) is 0 Å². The summed E-state index contributed by atoms with van der Waals surface area (Å²) in [6.45, 7) is 1.95. The molecule has 140 valence electrons. The third-order valence-electron chi connectivity index (χ3n) is 4.35. The van der Waals surface area contributed by atoms with Crippen LogP contribution in [0.1, 0.15) is 23.3 Å². The van der Waals surface area contributed by atoms with Gasteiger partial charge in [0.05, 0.1) is 11.6 Å². The van der Waals surface area contributed by atoms with E-state index in [1.807, 2.05) is 30.3 Å². The smallest absolute Gasteiger partial charge is 0.274 e. The number of piperidine rings is 1. The fraction of sp³-hybridized carbons (Fsp3) is 0.389. The number of para-hydroxylation sites is 1. The number of likely N-dealkylation sites (tertiary alicyclic amines) is 1. The quantitative estimate of drug-likeness (QED) is 0.819. The van der Waals surface area contributed by atoms with Crippen LogP contribution in [0.2, 0.25) is 0 Å². The van der Waals surface area contributed by atoms with E-state index < -0.39 is 0 Å². The normalized spacial score (nSPS) is 16.7. The Labute approximate surface area is 159 Å². The highest BCUT2D eigenvalue weighted by atomic mass is 35.5. The Balaban J connectivity index is 0.00000243. The number of benzene rings is 1. The number of nitrogens with zero attached hydrogens (tertiary/aromatic N) is 3. The number of carbonyl (C=O) groups excluding carboxylic acids is 2. The van der Waals surface area contributed by atoms with E-state index in [4.69, 9.17) is 5.73 Å². The number of nitrogens with two attached hydrogens (primary N) is 1. The molecular weight excluding hydrogens is 354 g/mol. The lowest BCUT2D eigenvalue weighted by molar-refractivity contribution is -0.126. The highest BCUT2D eigenvalue weighted by Gasteiger charge is 2.29. The molecule has 3 N–H and O–H groups in total. The molecule has 1 aromatic heterocycles. The minimum Gasteiger partial charge on any atom is -0.355 e. The van der Waals surface area contributed by atoms with E-state index in [1.165, 1.54) is 0 Å². The van der Waals surface area contributed by atoms with Crippen molar-refractivity contribution in [2.45, 2.75) is 12.8 Å². The minimum absolute atomic E-state index is 0. The van der Waals surface area contributed by atoms with Gasteiger partial charge in [0.15, 0.2) is 5.69 Å². The number of aromatic nitrogens is 2. The zero-order chi connectivity index (χ0) is 17.6. The maximum atomic E-state index is 12.7. The van der Waals surface area contributed by atoms with Crippen LogP contribution >= 0.6 is 12.4 Å². The fourth-order valence-corrected chi connectivity index (χ4v) is 3.04. The van der Waals surface area contributed by atoms with E-state index in [0.717, 1.165) is 18.5 Å². The van der Waals surface area contributed by atoms with Crippen LogP contribution in [0.25, 0.3) is 5.69 Å². The van der Waals surface area contributed by atoms with Crippen LogP contribution in [0.4, 0.5) is 0 Å². The van der Waals surface area contributed by atoms with Crippen molar-refractivity contribution in [1.82, 2.24) is 20.0 Å². The molecule has 7 nitrogen and oxygen atoms in total. The maximum Gasteiger partial charge on any atom is 0.274 e. The first-order valence-corrected chi connectivity index (χ1v) is 8.57. The van der Waals surface area contributed by atoms with Crippen LogP contribution in [-0.4, -0.2) is 52.7 Å². The van der Waals surface area contributed by atoms with Gasteiger partial charge in [-0.3, -0.25) is 9.59 Å². The van der Waals surface area contributed by atoms with Crippen LogP contribution < -0.4 is 11.1 Å². The third-order valence-corrected chi connectivity index (χ3v) is 4.35. The predicted molar refractivity (Wildman–Crippen MR) is 102 cm³/mol. The van der Waals surface area contributed by atoms with Crippen molar-refractivity contribution in [2.24, 2.45) is 11.7 Å². The second kappa shape index (κ2) is 9.35. The Morgan fingerprint density at radius 2 is 2.00 bits per heavy atom. The second-order valence-corrected chi connectivity index (χ2v) is 6.15. The molecule has 2 amide bonds. The van der Waals surface area contributed by atoms with Gasteiger partial charge in [0, 0.05) is 32.4 Å². The van der Waals surface area contributed by atoms with Gasteiger partial charge < -0.3 is 16.0 Å². The van der Waals surface area contributed by atoms with E-state index >= 15 is 0 Å². The van der Waals surface area contributed by atoms with Gasteiger partial charge in [0.1, 0.15) is 0 Å². The predicted octanol–water partition coefficient (Wildman–Crippen LogP) is 1.22. The SMILES string of the molecule is Cl.NCCNC(=O)C1CCCN(C(=O)c2ccn(-c3ccccc3)n2)C1. The van der Waals surface area contributed by atoms with Gasteiger partial charge in [-0.2, -0.15) is 5.10 Å². The molecule has 3 rings (SSSR count). The van der Waals surface area contributed by atoms with Crippen molar-refractivity contribution in [1.29, 1.82) is 0 Å². The van der Waals surface area contributed by atoms with E-state index in [2.05, 4.69) is 10.4 Å². The van der Waals surface area contributed by atoms with Gasteiger partial charge in [-0.25, -0.2) is 4.68 Å². The third kappa shape index (κ3) is 4.62. The highest BCUT2D eigenvalue weighted by molar-refractivity contribution is 5.93. The Morgan fingerprint density at radius 1 is 1.23 bits per heavy atom. The molecule has 1 fully saturated rings. The molecule has 0 radical (unpaired) electrons. The van der Waals surface area contributed by atoms with Crippen molar-refractivity contribution in [2.75, 3.05) is 26.2 Å². The maximum absolute atomic E-state index is 12.7. The Morgan fingerprint density at radius 3 is 2.73 bits per heavy atom. The van der Waals surface area contributed by atoms with Crippen molar-refractivity contribution < 1.29 is 9.59 Å². The number of rotatable bonds is 5. The van der Waals surface area contributed by atoms with E-state index in [0.29, 0.717) is 31.9 Å². The molecule has 0 aliphatic carbocycles. The standard InChI is InChI=1S/C18H23N5O2.ClH/c19-9-10-20-17(24)14-5-4-11-22(13-14)18(25)16-8-12-23(21-16)15-6-2-1-3-7-15;/h1-3,6-8,12,14H,4-5,9-11,13,19H2,(H,20,24);1H. The molecule has 0 spiro atoms. The monoisotopic (exact) mass is 377 g/mol. The molecule has 1 atom stereocenters. The first-order valence-electron chi connectivity index (χ1n) is 8.57. The van der Waals surface area contributed by atoms with Gasteiger partial charge in [0.2, 0.25) is 5.91 Å². The molecule has 26 heavy (non-hydrogen) atoms. The molecule has 2 heterocycles. The van der Waals surface area contributed by atoms with Crippen molar-refractivity contribution in [3.05, 3.63) is 48.3 Å². The molecule has 0 bridgehead atoms. The summed E-state index contributed by atoms with van der Waals surface area (Å²) in [4.78, 5) is 26.6. The zero-order valence-electron chi connectivity index (χ0n) is 14.5. The summed E-state index contributed by atoms with van der Waals surface area (Å²) in [6, 6.07) is 11.4. The summed E-state index contributed by atoms with van der Waals surface area (Å²) in [5, 5.41) is 7.19. The zero-order valence-corrected chi connectivity index (χ0v) is 15.3. The van der Waals surface area contributed by atoms with Gasteiger partial charge in [-0.15, -0.1) is 12.4 Å². The number of carbonyl (C=O) groups is 2. The average Bonchev–Trinajstić information content (AvgIpc) is 3.16. The van der Waals surface area contributed by atoms with Crippen LogP contribution in [0.15, 0.2) is 42.6 Å². The fourth-order valence-electron chi connectivity index (χ4n) is 3.04. The van der Waals surface area contributed by atoms with Gasteiger partial charge in [-0.1, -0.05) is 18.2 Å². The van der Waals surface area contributed by atoms with E-state index in [-0.39, 0.29) is 30.1 Å². The first kappa shape index (κ1) is 19.9. The summed E-state index contributed by atoms with van der Waals surface area (Å²) < 4.78 is 1.68. The molecule has 2 aromatic rings. The largest absolute Gasteiger partial charge is 0.355 e. The lowest BCUT2D eigenvalue weighted by atomic mass is 9.97. The first-order chi connectivity index (χ1) is 12.2. The summed E-state index contributed by atoms with van der Waals surface area (Å²) in [7, 11) is 0. The van der Waals surface area contributed by atoms with E-state index in [9.17, 15) is 9.59 Å². The number of hydrogen-bond donors (Lipinski definition) is 2. The van der Waals surface area contributed by atoms with Crippen LogP contribution in [0.3, 0.4) is 0 Å². The minimum atomic E-state index is -0.180. The van der Waals surface area contributed by atoms with Crippen LogP contribution in [-0.2, 0) is 4.79 Å². The molecule has 1 aromatic carbocycles. The molecule has 8 heteroatoms. The van der Waals surface area contributed by atoms with Crippen molar-refractivity contribution in [3.8, 4) is 5.69 Å². The summed E-state index contributed by atoms with van der Waals surface area (Å²) in [5.74, 6) is -0.343. The average molecular weight is 378 g/mol. The van der Waals surface area contributed by atoms with Crippen molar-refractivity contribution >= 4 is 24.2 Å². The topological polar surface area (TPSA) is 93.3 Å². The molecular formula is C18H24ClN5O2. The Bertz CT molecular complexity index is 734. The molecule has 0 saturated carbocycles.